The van der Waals surface area contributed by atoms with Gasteiger partial charge in [0.15, 0.2) is 0 Å². The van der Waals surface area contributed by atoms with Crippen molar-refractivity contribution < 1.29 is 18.3 Å². The second kappa shape index (κ2) is 5.88. The van der Waals surface area contributed by atoms with E-state index in [0.29, 0.717) is 5.56 Å². The Bertz CT molecular complexity index is 501. The van der Waals surface area contributed by atoms with Gasteiger partial charge in [-0.2, -0.15) is 0 Å². The predicted molar refractivity (Wildman–Crippen MR) is 68.9 cm³/mol. The quantitative estimate of drug-likeness (QED) is 0.867. The molecular formula is C12H14ClF2N3O2. The van der Waals surface area contributed by atoms with Crippen molar-refractivity contribution in [2.75, 3.05) is 26.8 Å². The van der Waals surface area contributed by atoms with Gasteiger partial charge in [0.1, 0.15) is 5.15 Å². The fourth-order valence-corrected chi connectivity index (χ4v) is 2.27. The van der Waals surface area contributed by atoms with Gasteiger partial charge in [-0.05, 0) is 17.7 Å². The summed E-state index contributed by atoms with van der Waals surface area (Å²) in [5, 5.41) is 2.41. The summed E-state index contributed by atoms with van der Waals surface area (Å²) in [7, 11) is 1.44. The Hall–Kier alpha value is -1.47. The van der Waals surface area contributed by atoms with Crippen LogP contribution in [0.2, 0.25) is 5.15 Å². The van der Waals surface area contributed by atoms with Crippen molar-refractivity contribution in [3.63, 3.8) is 0 Å². The maximum Gasteiger partial charge on any atom is 0.318 e. The van der Waals surface area contributed by atoms with E-state index in [4.69, 9.17) is 16.3 Å². The van der Waals surface area contributed by atoms with Gasteiger partial charge in [-0.15, -0.1) is 0 Å². The Morgan fingerprint density at radius 2 is 2.40 bits per heavy atom. The summed E-state index contributed by atoms with van der Waals surface area (Å²) in [6, 6.07) is 1.96. The van der Waals surface area contributed by atoms with Gasteiger partial charge in [0.25, 0.3) is 5.92 Å². The molecule has 0 aliphatic carbocycles. The van der Waals surface area contributed by atoms with Crippen LogP contribution in [0, 0.1) is 0 Å². The highest BCUT2D eigenvalue weighted by Gasteiger charge is 2.42. The van der Waals surface area contributed by atoms with Crippen LogP contribution < -0.4 is 5.32 Å². The van der Waals surface area contributed by atoms with Crippen molar-refractivity contribution in [3.05, 3.63) is 29.0 Å². The molecule has 1 aliphatic rings. The van der Waals surface area contributed by atoms with E-state index in [1.54, 1.807) is 6.07 Å². The molecule has 5 nitrogen and oxygen atoms in total. The summed E-state index contributed by atoms with van der Waals surface area (Å²) in [4.78, 5) is 16.7. The standard InChI is InChI=1S/C12H14ClF2N3O2/c1-20-5-9(8-2-3-16-10(13)4-8)18-7-12(14,15)6-17-11(18)19/h2-4,9H,5-7H2,1H3,(H,17,19)/t9-/m1/s1. The van der Waals surface area contributed by atoms with Gasteiger partial charge in [0, 0.05) is 13.3 Å². The number of alkyl halides is 2. The predicted octanol–water partition coefficient (Wildman–Crippen LogP) is 2.08. The number of rotatable bonds is 4. The minimum atomic E-state index is -2.98. The van der Waals surface area contributed by atoms with Crippen molar-refractivity contribution in [1.82, 2.24) is 15.2 Å². The van der Waals surface area contributed by atoms with Crippen LogP contribution in [0.1, 0.15) is 11.6 Å². The average Bonchev–Trinajstić information content (AvgIpc) is 2.39. The van der Waals surface area contributed by atoms with E-state index >= 15 is 0 Å². The molecule has 1 atom stereocenters. The van der Waals surface area contributed by atoms with Gasteiger partial charge in [0.2, 0.25) is 0 Å². The second-order valence-electron chi connectivity index (χ2n) is 4.53. The minimum Gasteiger partial charge on any atom is -0.382 e. The fourth-order valence-electron chi connectivity index (χ4n) is 2.08. The normalized spacial score (nSPS) is 19.6. The summed E-state index contributed by atoms with van der Waals surface area (Å²) in [5.74, 6) is -2.98. The molecule has 0 spiro atoms. The molecule has 1 aliphatic heterocycles. The maximum absolute atomic E-state index is 13.5. The van der Waals surface area contributed by atoms with Crippen molar-refractivity contribution in [2.45, 2.75) is 12.0 Å². The van der Waals surface area contributed by atoms with Gasteiger partial charge >= 0.3 is 6.03 Å². The molecule has 1 saturated heterocycles. The lowest BCUT2D eigenvalue weighted by atomic mass is 10.1. The van der Waals surface area contributed by atoms with Gasteiger partial charge in [-0.1, -0.05) is 11.6 Å². The summed E-state index contributed by atoms with van der Waals surface area (Å²) in [6.07, 6.45) is 1.46. The third-order valence-corrected chi connectivity index (χ3v) is 3.20. The summed E-state index contributed by atoms with van der Waals surface area (Å²) in [6.45, 7) is -1.23. The number of nitrogens with zero attached hydrogens (tertiary/aromatic N) is 2. The van der Waals surface area contributed by atoms with Gasteiger partial charge in [-0.3, -0.25) is 0 Å². The highest BCUT2D eigenvalue weighted by atomic mass is 35.5. The third-order valence-electron chi connectivity index (χ3n) is 3.00. The number of carbonyl (C=O) groups is 1. The van der Waals surface area contributed by atoms with E-state index < -0.39 is 31.1 Å². The number of amides is 2. The van der Waals surface area contributed by atoms with Crippen molar-refractivity contribution in [2.24, 2.45) is 0 Å². The molecule has 1 fully saturated rings. The highest BCUT2D eigenvalue weighted by Crippen LogP contribution is 2.28. The number of aromatic nitrogens is 1. The lowest BCUT2D eigenvalue weighted by molar-refractivity contribution is -0.0509. The molecule has 0 radical (unpaired) electrons. The Morgan fingerprint density at radius 3 is 3.05 bits per heavy atom. The number of hydrogen-bond donors (Lipinski definition) is 1. The molecule has 1 aromatic rings. The summed E-state index contributed by atoms with van der Waals surface area (Å²) >= 11 is 5.80. The van der Waals surface area contributed by atoms with E-state index in [-0.39, 0.29) is 11.8 Å². The van der Waals surface area contributed by atoms with E-state index in [9.17, 15) is 13.6 Å². The van der Waals surface area contributed by atoms with E-state index in [1.165, 1.54) is 19.4 Å². The van der Waals surface area contributed by atoms with Gasteiger partial charge < -0.3 is 15.0 Å². The van der Waals surface area contributed by atoms with Gasteiger partial charge in [0.05, 0.1) is 25.7 Å². The number of carbonyl (C=O) groups excluding carboxylic acids is 1. The molecule has 8 heteroatoms. The van der Waals surface area contributed by atoms with E-state index in [0.717, 1.165) is 4.90 Å². The van der Waals surface area contributed by atoms with Crippen LogP contribution in [0.3, 0.4) is 0 Å². The number of methoxy groups -OCH3 is 1. The first-order valence-electron chi connectivity index (χ1n) is 5.95. The van der Waals surface area contributed by atoms with E-state index in [2.05, 4.69) is 10.3 Å². The molecule has 0 bridgehead atoms. The minimum absolute atomic E-state index is 0.0871. The second-order valence-corrected chi connectivity index (χ2v) is 4.91. The molecule has 1 N–H and O–H groups in total. The third kappa shape index (κ3) is 3.34. The molecule has 0 unspecified atom stereocenters. The molecule has 110 valence electrons. The maximum atomic E-state index is 13.5. The fraction of sp³-hybridized carbons (Fsp3) is 0.500. The van der Waals surface area contributed by atoms with Crippen LogP contribution in [-0.2, 0) is 4.74 Å². The molecular weight excluding hydrogens is 292 g/mol. The molecule has 2 heterocycles. The Morgan fingerprint density at radius 1 is 1.65 bits per heavy atom. The van der Waals surface area contributed by atoms with Crippen LogP contribution in [0.5, 0.6) is 0 Å². The number of nitrogens with one attached hydrogen (secondary N) is 1. The van der Waals surface area contributed by atoms with Gasteiger partial charge in [-0.25, -0.2) is 18.6 Å². The molecule has 2 rings (SSSR count). The smallest absolute Gasteiger partial charge is 0.318 e. The summed E-state index contributed by atoms with van der Waals surface area (Å²) in [5.41, 5.74) is 0.597. The molecule has 1 aromatic heterocycles. The van der Waals surface area contributed by atoms with Crippen LogP contribution in [0.15, 0.2) is 18.3 Å². The monoisotopic (exact) mass is 305 g/mol. The molecule has 0 aromatic carbocycles. The molecule has 2 amide bonds. The Kier molecular flexibility index (Phi) is 4.39. The number of ether oxygens (including phenoxy) is 1. The first-order chi connectivity index (χ1) is 9.43. The lowest BCUT2D eigenvalue weighted by Crippen LogP contribution is -2.58. The van der Waals surface area contributed by atoms with Crippen molar-refractivity contribution in [3.8, 4) is 0 Å². The Balaban J connectivity index is 2.29. The molecule has 0 saturated carbocycles. The number of urea groups is 1. The topological polar surface area (TPSA) is 54.5 Å². The van der Waals surface area contributed by atoms with Crippen LogP contribution >= 0.6 is 11.6 Å². The zero-order valence-corrected chi connectivity index (χ0v) is 11.5. The lowest BCUT2D eigenvalue weighted by Gasteiger charge is -2.38. The SMILES string of the molecule is COC[C@H](c1ccnc(Cl)c1)N1CC(F)(F)CNC1=O. The number of hydrogen-bond acceptors (Lipinski definition) is 3. The number of halogens is 3. The number of pyridine rings is 1. The van der Waals surface area contributed by atoms with Crippen molar-refractivity contribution >= 4 is 17.6 Å². The largest absolute Gasteiger partial charge is 0.382 e. The first kappa shape index (κ1) is 14.9. The van der Waals surface area contributed by atoms with Crippen LogP contribution in [-0.4, -0.2) is 48.6 Å². The molecule has 20 heavy (non-hydrogen) atoms. The zero-order chi connectivity index (χ0) is 14.8. The van der Waals surface area contributed by atoms with E-state index in [1.807, 2.05) is 0 Å². The van der Waals surface area contributed by atoms with Crippen molar-refractivity contribution in [1.29, 1.82) is 0 Å². The zero-order valence-electron chi connectivity index (χ0n) is 10.8. The Labute approximate surface area is 119 Å². The first-order valence-corrected chi connectivity index (χ1v) is 6.33. The highest BCUT2D eigenvalue weighted by molar-refractivity contribution is 6.29. The summed E-state index contributed by atoms with van der Waals surface area (Å²) < 4.78 is 32.0. The average molecular weight is 306 g/mol. The van der Waals surface area contributed by atoms with Crippen LogP contribution in [0.4, 0.5) is 13.6 Å². The van der Waals surface area contributed by atoms with Crippen LogP contribution in [0.25, 0.3) is 0 Å².